The van der Waals surface area contributed by atoms with E-state index in [4.69, 9.17) is 4.74 Å². The first-order chi connectivity index (χ1) is 6.22. The number of ketones is 1. The summed E-state index contributed by atoms with van der Waals surface area (Å²) in [6.45, 7) is 0. The lowest BCUT2D eigenvalue weighted by atomic mass is 10.1. The van der Waals surface area contributed by atoms with Crippen molar-refractivity contribution in [2.45, 2.75) is 11.2 Å². The van der Waals surface area contributed by atoms with Crippen LogP contribution in [0.5, 0.6) is 5.75 Å². The van der Waals surface area contributed by atoms with Crippen LogP contribution in [0.15, 0.2) is 18.2 Å². The van der Waals surface area contributed by atoms with Crippen LogP contribution in [0.1, 0.15) is 27.2 Å². The number of hydrogen-bond acceptors (Lipinski definition) is 2. The van der Waals surface area contributed by atoms with Gasteiger partial charge in [0, 0.05) is 16.8 Å². The zero-order valence-corrected chi connectivity index (χ0v) is 8.80. The Morgan fingerprint density at radius 1 is 1.54 bits per heavy atom. The first-order valence-electron chi connectivity index (χ1n) is 4.07. The Hall–Kier alpha value is -0.830. The number of fused-ring (bicyclic) bond motifs is 1. The average Bonchev–Trinajstić information content (AvgIpc) is 2.42. The molecule has 0 N–H and O–H groups in total. The Balaban J connectivity index is 2.52. The monoisotopic (exact) mass is 240 g/mol. The number of alkyl halides is 1. The van der Waals surface area contributed by atoms with Crippen LogP contribution >= 0.6 is 15.9 Å². The van der Waals surface area contributed by atoms with E-state index < -0.39 is 0 Å². The molecule has 2 rings (SSSR count). The minimum atomic E-state index is 0.157. The third kappa shape index (κ3) is 1.37. The van der Waals surface area contributed by atoms with Crippen LogP contribution in [0.25, 0.3) is 0 Å². The van der Waals surface area contributed by atoms with Crippen molar-refractivity contribution >= 4 is 21.7 Å². The second kappa shape index (κ2) is 3.14. The van der Waals surface area contributed by atoms with Gasteiger partial charge in [0.15, 0.2) is 5.78 Å². The van der Waals surface area contributed by atoms with Crippen molar-refractivity contribution < 1.29 is 9.53 Å². The molecule has 0 amide bonds. The zero-order valence-electron chi connectivity index (χ0n) is 7.21. The molecule has 0 fully saturated rings. The number of halogens is 1. The van der Waals surface area contributed by atoms with Crippen molar-refractivity contribution in [3.05, 3.63) is 29.3 Å². The molecule has 0 bridgehead atoms. The highest BCUT2D eigenvalue weighted by molar-refractivity contribution is 9.09. The van der Waals surface area contributed by atoms with Crippen LogP contribution in [-0.2, 0) is 0 Å². The number of hydrogen-bond donors (Lipinski definition) is 0. The normalized spacial score (nSPS) is 20.2. The van der Waals surface area contributed by atoms with Crippen LogP contribution in [0.3, 0.4) is 0 Å². The summed E-state index contributed by atoms with van der Waals surface area (Å²) in [4.78, 5) is 11.6. The molecule has 68 valence electrons. The van der Waals surface area contributed by atoms with Crippen LogP contribution in [0.2, 0.25) is 0 Å². The highest BCUT2D eigenvalue weighted by atomic mass is 79.9. The Labute approximate surface area is 85.0 Å². The number of Topliss-reactive ketones (excluding diaryl/α,β-unsaturated/α-hetero) is 1. The molecule has 1 aromatic carbocycles. The predicted octanol–water partition coefficient (Wildman–Crippen LogP) is 2.72. The highest BCUT2D eigenvalue weighted by Gasteiger charge is 2.27. The molecule has 1 aliphatic rings. The lowest BCUT2D eigenvalue weighted by Crippen LogP contribution is -1.91. The fourth-order valence-corrected chi connectivity index (χ4v) is 2.24. The molecule has 3 heteroatoms. The van der Waals surface area contributed by atoms with Gasteiger partial charge in [-0.25, -0.2) is 0 Å². The van der Waals surface area contributed by atoms with Gasteiger partial charge in [0.2, 0.25) is 0 Å². The molecule has 0 spiro atoms. The Morgan fingerprint density at radius 2 is 2.31 bits per heavy atom. The lowest BCUT2D eigenvalue weighted by molar-refractivity contribution is 0.0994. The molecule has 1 atom stereocenters. The van der Waals surface area contributed by atoms with Gasteiger partial charge in [0.05, 0.1) is 7.11 Å². The van der Waals surface area contributed by atoms with Gasteiger partial charge in [-0.3, -0.25) is 4.79 Å². The summed E-state index contributed by atoms with van der Waals surface area (Å²) in [5.74, 6) is 1.01. The molecule has 0 unspecified atom stereocenters. The molecule has 2 nitrogen and oxygen atoms in total. The maximum atomic E-state index is 11.4. The third-order valence-electron chi connectivity index (χ3n) is 2.26. The minimum absolute atomic E-state index is 0.157. The van der Waals surface area contributed by atoms with Gasteiger partial charge in [-0.2, -0.15) is 0 Å². The van der Waals surface area contributed by atoms with E-state index in [1.165, 1.54) is 0 Å². The number of carbonyl (C=O) groups excluding carboxylic acids is 1. The van der Waals surface area contributed by atoms with Crippen molar-refractivity contribution in [1.82, 2.24) is 0 Å². The molecule has 0 radical (unpaired) electrons. The maximum Gasteiger partial charge on any atom is 0.164 e. The van der Waals surface area contributed by atoms with E-state index in [1.54, 1.807) is 7.11 Å². The summed E-state index contributed by atoms with van der Waals surface area (Å²) < 4.78 is 5.09. The molecular formula is C10H9BrO2. The summed E-state index contributed by atoms with van der Waals surface area (Å²) in [6.07, 6.45) is 0.558. The minimum Gasteiger partial charge on any atom is -0.497 e. The lowest BCUT2D eigenvalue weighted by Gasteiger charge is -2.04. The summed E-state index contributed by atoms with van der Waals surface area (Å²) >= 11 is 3.46. The van der Waals surface area contributed by atoms with Gasteiger partial charge in [-0.1, -0.05) is 15.9 Å². The van der Waals surface area contributed by atoms with E-state index >= 15 is 0 Å². The molecular weight excluding hydrogens is 232 g/mol. The van der Waals surface area contributed by atoms with Crippen molar-refractivity contribution in [2.24, 2.45) is 0 Å². The highest BCUT2D eigenvalue weighted by Crippen LogP contribution is 2.39. The number of ether oxygens (including phenoxy) is 1. The number of carbonyl (C=O) groups is 1. The molecule has 1 aromatic rings. The summed E-state index contributed by atoms with van der Waals surface area (Å²) in [5, 5.41) is 0. The van der Waals surface area contributed by atoms with E-state index in [9.17, 15) is 4.79 Å². The Kier molecular flexibility index (Phi) is 2.12. The van der Waals surface area contributed by atoms with Crippen LogP contribution in [0.4, 0.5) is 0 Å². The van der Waals surface area contributed by atoms with Gasteiger partial charge in [0.25, 0.3) is 0 Å². The van der Waals surface area contributed by atoms with Crippen molar-refractivity contribution in [1.29, 1.82) is 0 Å². The smallest absolute Gasteiger partial charge is 0.164 e. The van der Waals surface area contributed by atoms with Crippen molar-refractivity contribution in [2.75, 3.05) is 7.11 Å². The van der Waals surface area contributed by atoms with Gasteiger partial charge < -0.3 is 4.74 Å². The molecule has 1 aliphatic carbocycles. The van der Waals surface area contributed by atoms with Crippen LogP contribution in [-0.4, -0.2) is 12.9 Å². The molecule has 0 aliphatic heterocycles. The molecule has 0 heterocycles. The van der Waals surface area contributed by atoms with Gasteiger partial charge in [-0.05, 0) is 23.8 Å². The molecule has 13 heavy (non-hydrogen) atoms. The van der Waals surface area contributed by atoms with E-state index in [-0.39, 0.29) is 10.6 Å². The maximum absolute atomic E-state index is 11.4. The summed E-state index contributed by atoms with van der Waals surface area (Å²) in [5.41, 5.74) is 1.87. The van der Waals surface area contributed by atoms with E-state index in [0.717, 1.165) is 16.9 Å². The largest absolute Gasteiger partial charge is 0.497 e. The molecule has 0 aromatic heterocycles. The quantitative estimate of drug-likeness (QED) is 0.706. The first kappa shape index (κ1) is 8.75. The topological polar surface area (TPSA) is 26.3 Å². The van der Waals surface area contributed by atoms with E-state index in [1.807, 2.05) is 18.2 Å². The van der Waals surface area contributed by atoms with Crippen LogP contribution in [0, 0.1) is 0 Å². The fourth-order valence-electron chi connectivity index (χ4n) is 1.56. The molecule has 0 saturated carbocycles. The number of methoxy groups -OCH3 is 1. The second-order valence-corrected chi connectivity index (χ2v) is 4.15. The second-order valence-electron chi connectivity index (χ2n) is 3.05. The predicted molar refractivity (Wildman–Crippen MR) is 53.6 cm³/mol. The van der Waals surface area contributed by atoms with Gasteiger partial charge in [-0.15, -0.1) is 0 Å². The zero-order chi connectivity index (χ0) is 9.42. The standard InChI is InChI=1S/C10H9BrO2/c1-13-6-2-3-7-8(4-6)9(11)5-10(7)12/h2-4,9H,5H2,1H3/t9-/m1/s1. The third-order valence-corrected chi connectivity index (χ3v) is 3.08. The van der Waals surface area contributed by atoms with E-state index in [2.05, 4.69) is 15.9 Å². The number of rotatable bonds is 1. The molecule has 0 saturated heterocycles. The van der Waals surface area contributed by atoms with Gasteiger partial charge >= 0.3 is 0 Å². The van der Waals surface area contributed by atoms with Gasteiger partial charge in [0.1, 0.15) is 5.75 Å². The number of benzene rings is 1. The van der Waals surface area contributed by atoms with Crippen molar-refractivity contribution in [3.8, 4) is 5.75 Å². The van der Waals surface area contributed by atoms with Crippen LogP contribution < -0.4 is 4.74 Å². The Bertz CT molecular complexity index is 360. The van der Waals surface area contributed by atoms with E-state index in [0.29, 0.717) is 6.42 Å². The fraction of sp³-hybridized carbons (Fsp3) is 0.300. The average molecular weight is 241 g/mol. The summed E-state index contributed by atoms with van der Waals surface area (Å²) in [6, 6.07) is 5.57. The summed E-state index contributed by atoms with van der Waals surface area (Å²) in [7, 11) is 1.63. The SMILES string of the molecule is COc1ccc2c(c1)[C@H](Br)CC2=O. The first-order valence-corrected chi connectivity index (χ1v) is 4.99. The Morgan fingerprint density at radius 3 is 3.00 bits per heavy atom. The van der Waals surface area contributed by atoms with Crippen molar-refractivity contribution in [3.63, 3.8) is 0 Å².